The standard InChI is InChI=1S/C15H17N3O2/c19-15(12-5-2-1-3-6-12)20-14-11-13(7-9-16-14)18-10-4-8-17-18/h1-6,8,10,13-14,16H,7,9,11H2/t13-,14-/m0/s1. The van der Waals surface area contributed by atoms with Gasteiger partial charge in [0.1, 0.15) is 0 Å². The molecule has 1 saturated heterocycles. The predicted molar refractivity (Wildman–Crippen MR) is 74.1 cm³/mol. The number of hydrogen-bond acceptors (Lipinski definition) is 4. The van der Waals surface area contributed by atoms with Gasteiger partial charge in [0.15, 0.2) is 6.23 Å². The van der Waals surface area contributed by atoms with Crippen molar-refractivity contribution in [3.8, 4) is 0 Å². The lowest BCUT2D eigenvalue weighted by molar-refractivity contribution is 0.00654. The molecule has 1 aromatic carbocycles. The van der Waals surface area contributed by atoms with E-state index >= 15 is 0 Å². The molecular formula is C15H17N3O2. The van der Waals surface area contributed by atoms with Gasteiger partial charge in [-0.3, -0.25) is 10.00 Å². The highest BCUT2D eigenvalue weighted by atomic mass is 16.6. The van der Waals surface area contributed by atoms with Gasteiger partial charge in [0.05, 0.1) is 11.6 Å². The van der Waals surface area contributed by atoms with E-state index in [4.69, 9.17) is 4.74 Å². The quantitative estimate of drug-likeness (QED) is 0.867. The van der Waals surface area contributed by atoms with Gasteiger partial charge in [0, 0.05) is 25.4 Å². The molecule has 2 aromatic rings. The number of carbonyl (C=O) groups excluding carboxylic acids is 1. The number of esters is 1. The maximum Gasteiger partial charge on any atom is 0.339 e. The first-order valence-corrected chi connectivity index (χ1v) is 6.81. The molecule has 2 heterocycles. The van der Waals surface area contributed by atoms with Crippen LogP contribution in [0.25, 0.3) is 0 Å². The van der Waals surface area contributed by atoms with Crippen molar-refractivity contribution in [1.82, 2.24) is 15.1 Å². The zero-order chi connectivity index (χ0) is 13.8. The third-order valence-electron chi connectivity index (χ3n) is 3.49. The van der Waals surface area contributed by atoms with E-state index in [-0.39, 0.29) is 18.2 Å². The summed E-state index contributed by atoms with van der Waals surface area (Å²) in [5.41, 5.74) is 0.579. The third-order valence-corrected chi connectivity index (χ3v) is 3.49. The Hall–Kier alpha value is -2.14. The smallest absolute Gasteiger partial charge is 0.339 e. The zero-order valence-corrected chi connectivity index (χ0v) is 11.1. The SMILES string of the molecule is O=C(O[C@H]1C[C@@H](n2cccn2)CCN1)c1ccccc1. The minimum absolute atomic E-state index is 0.259. The maximum absolute atomic E-state index is 12.0. The fourth-order valence-electron chi connectivity index (χ4n) is 2.46. The van der Waals surface area contributed by atoms with Gasteiger partial charge in [0.25, 0.3) is 0 Å². The van der Waals surface area contributed by atoms with Crippen molar-refractivity contribution >= 4 is 5.97 Å². The average Bonchev–Trinajstić information content (AvgIpc) is 3.03. The van der Waals surface area contributed by atoms with Crippen molar-refractivity contribution in [2.75, 3.05) is 6.54 Å². The predicted octanol–water partition coefficient (Wildman–Crippen LogP) is 1.99. The molecule has 0 spiro atoms. The van der Waals surface area contributed by atoms with Gasteiger partial charge in [-0.05, 0) is 24.6 Å². The molecule has 5 nitrogen and oxygen atoms in total. The van der Waals surface area contributed by atoms with Crippen LogP contribution >= 0.6 is 0 Å². The molecule has 1 aliphatic heterocycles. The van der Waals surface area contributed by atoms with Crippen LogP contribution in [0.2, 0.25) is 0 Å². The third kappa shape index (κ3) is 2.88. The van der Waals surface area contributed by atoms with Crippen molar-refractivity contribution in [1.29, 1.82) is 0 Å². The first kappa shape index (κ1) is 12.9. The van der Waals surface area contributed by atoms with Gasteiger partial charge in [-0.1, -0.05) is 18.2 Å². The second-order valence-electron chi connectivity index (χ2n) is 4.88. The minimum atomic E-state index is -0.288. The number of carbonyl (C=O) groups is 1. The molecule has 0 radical (unpaired) electrons. The largest absolute Gasteiger partial charge is 0.443 e. The summed E-state index contributed by atoms with van der Waals surface area (Å²) in [4.78, 5) is 12.0. The lowest BCUT2D eigenvalue weighted by atomic mass is 10.1. The molecule has 1 aromatic heterocycles. The summed E-state index contributed by atoms with van der Waals surface area (Å²) in [5, 5.41) is 7.49. The second-order valence-corrected chi connectivity index (χ2v) is 4.88. The molecule has 0 unspecified atom stereocenters. The fourth-order valence-corrected chi connectivity index (χ4v) is 2.46. The molecule has 1 N–H and O–H groups in total. The fraction of sp³-hybridized carbons (Fsp3) is 0.333. The number of nitrogens with zero attached hydrogens (tertiary/aromatic N) is 2. The van der Waals surface area contributed by atoms with E-state index in [0.29, 0.717) is 5.56 Å². The summed E-state index contributed by atoms with van der Waals surface area (Å²) in [6, 6.07) is 11.2. The van der Waals surface area contributed by atoms with Gasteiger partial charge in [-0.15, -0.1) is 0 Å². The highest BCUT2D eigenvalue weighted by Gasteiger charge is 2.25. The molecule has 104 valence electrons. The Kier molecular flexibility index (Phi) is 3.78. The van der Waals surface area contributed by atoms with E-state index in [9.17, 15) is 4.79 Å². The first-order chi connectivity index (χ1) is 9.83. The number of hydrogen-bond donors (Lipinski definition) is 1. The number of aromatic nitrogens is 2. The monoisotopic (exact) mass is 271 g/mol. The van der Waals surface area contributed by atoms with Crippen LogP contribution in [0.15, 0.2) is 48.8 Å². The van der Waals surface area contributed by atoms with E-state index in [1.807, 2.05) is 35.1 Å². The summed E-state index contributed by atoms with van der Waals surface area (Å²) in [5.74, 6) is -0.288. The Balaban J connectivity index is 1.62. The summed E-state index contributed by atoms with van der Waals surface area (Å²) >= 11 is 0. The van der Waals surface area contributed by atoms with E-state index < -0.39 is 0 Å². The van der Waals surface area contributed by atoms with E-state index in [2.05, 4.69) is 10.4 Å². The lowest BCUT2D eigenvalue weighted by Crippen LogP contribution is -2.42. The van der Waals surface area contributed by atoms with Crippen molar-refractivity contribution in [2.45, 2.75) is 25.1 Å². The molecule has 0 aliphatic carbocycles. The second kappa shape index (κ2) is 5.88. The molecule has 0 amide bonds. The lowest BCUT2D eigenvalue weighted by Gasteiger charge is -2.30. The Morgan fingerprint density at radius 1 is 1.30 bits per heavy atom. The van der Waals surface area contributed by atoms with Gasteiger partial charge in [0.2, 0.25) is 0 Å². The van der Waals surface area contributed by atoms with E-state index in [0.717, 1.165) is 19.4 Å². The number of benzene rings is 1. The zero-order valence-electron chi connectivity index (χ0n) is 11.1. The molecule has 1 aliphatic rings. The van der Waals surface area contributed by atoms with Gasteiger partial charge >= 0.3 is 5.97 Å². The first-order valence-electron chi connectivity index (χ1n) is 6.81. The normalized spacial score (nSPS) is 22.4. The summed E-state index contributed by atoms with van der Waals surface area (Å²) in [7, 11) is 0. The number of rotatable bonds is 3. The Labute approximate surface area is 117 Å². The summed E-state index contributed by atoms with van der Waals surface area (Å²) in [6.07, 6.45) is 5.19. The molecule has 20 heavy (non-hydrogen) atoms. The molecule has 2 atom stereocenters. The van der Waals surface area contributed by atoms with E-state index in [1.54, 1.807) is 18.3 Å². The summed E-state index contributed by atoms with van der Waals surface area (Å²) in [6.45, 7) is 0.817. The molecule has 0 bridgehead atoms. The maximum atomic E-state index is 12.0. The van der Waals surface area contributed by atoms with Crippen molar-refractivity contribution in [2.24, 2.45) is 0 Å². The van der Waals surface area contributed by atoms with Crippen LogP contribution < -0.4 is 5.32 Å². The van der Waals surface area contributed by atoms with Crippen LogP contribution in [-0.4, -0.2) is 28.5 Å². The van der Waals surface area contributed by atoms with Crippen LogP contribution in [0.4, 0.5) is 0 Å². The van der Waals surface area contributed by atoms with Crippen molar-refractivity contribution in [3.63, 3.8) is 0 Å². The molecule has 3 rings (SSSR count). The van der Waals surface area contributed by atoms with Crippen LogP contribution in [0, 0.1) is 0 Å². The Morgan fingerprint density at radius 2 is 2.15 bits per heavy atom. The van der Waals surface area contributed by atoms with Crippen LogP contribution in [0.5, 0.6) is 0 Å². The van der Waals surface area contributed by atoms with Crippen LogP contribution in [0.1, 0.15) is 29.2 Å². The van der Waals surface area contributed by atoms with E-state index in [1.165, 1.54) is 0 Å². The van der Waals surface area contributed by atoms with Crippen LogP contribution in [0.3, 0.4) is 0 Å². The number of nitrogens with one attached hydrogen (secondary N) is 1. The Morgan fingerprint density at radius 3 is 2.90 bits per heavy atom. The highest BCUT2D eigenvalue weighted by Crippen LogP contribution is 2.22. The number of piperidine rings is 1. The molecule has 5 heteroatoms. The topological polar surface area (TPSA) is 56.2 Å². The van der Waals surface area contributed by atoms with Gasteiger partial charge < -0.3 is 4.74 Å². The van der Waals surface area contributed by atoms with Crippen LogP contribution in [-0.2, 0) is 4.74 Å². The van der Waals surface area contributed by atoms with Crippen molar-refractivity contribution in [3.05, 3.63) is 54.4 Å². The summed E-state index contributed by atoms with van der Waals surface area (Å²) < 4.78 is 7.45. The van der Waals surface area contributed by atoms with Gasteiger partial charge in [-0.2, -0.15) is 5.10 Å². The van der Waals surface area contributed by atoms with Crippen molar-refractivity contribution < 1.29 is 9.53 Å². The van der Waals surface area contributed by atoms with Gasteiger partial charge in [-0.25, -0.2) is 4.79 Å². The molecule has 0 saturated carbocycles. The molecular weight excluding hydrogens is 254 g/mol. The molecule has 1 fully saturated rings. The minimum Gasteiger partial charge on any atom is -0.443 e. The highest BCUT2D eigenvalue weighted by molar-refractivity contribution is 5.89. The average molecular weight is 271 g/mol. The number of ether oxygens (including phenoxy) is 1. The Bertz CT molecular complexity index is 554.